The second-order valence-electron chi connectivity index (χ2n) is 4.26. The zero-order valence-electron chi connectivity index (χ0n) is 9.74. The van der Waals surface area contributed by atoms with Gasteiger partial charge in [-0.05, 0) is 37.0 Å². The predicted octanol–water partition coefficient (Wildman–Crippen LogP) is 2.01. The van der Waals surface area contributed by atoms with Crippen LogP contribution in [0.15, 0.2) is 18.2 Å². The van der Waals surface area contributed by atoms with E-state index in [1.807, 2.05) is 12.1 Å². The number of aryl methyl sites for hydroxylation is 1. The summed E-state index contributed by atoms with van der Waals surface area (Å²) >= 11 is 0. The van der Waals surface area contributed by atoms with Crippen LogP contribution in [0.1, 0.15) is 24.0 Å². The van der Waals surface area contributed by atoms with E-state index in [1.54, 1.807) is 0 Å². The smallest absolute Gasteiger partial charge is 0.123 e. The topological polar surface area (TPSA) is 44.5 Å². The van der Waals surface area contributed by atoms with Crippen molar-refractivity contribution in [2.45, 2.75) is 32.4 Å². The predicted molar refractivity (Wildman–Crippen MR) is 63.5 cm³/mol. The van der Waals surface area contributed by atoms with Crippen molar-refractivity contribution in [2.24, 2.45) is 5.73 Å². The van der Waals surface area contributed by atoms with E-state index in [0.717, 1.165) is 36.3 Å². The number of ether oxygens (including phenoxy) is 2. The largest absolute Gasteiger partial charge is 0.488 e. The van der Waals surface area contributed by atoms with Crippen molar-refractivity contribution in [3.8, 4) is 5.75 Å². The molecule has 1 aliphatic rings. The fourth-order valence-electron chi connectivity index (χ4n) is 1.88. The molecule has 0 saturated carbocycles. The molecule has 0 amide bonds. The Bertz CT molecular complexity index is 346. The number of hydrogen-bond donors (Lipinski definition) is 1. The lowest BCUT2D eigenvalue weighted by molar-refractivity contribution is 0.00713. The highest BCUT2D eigenvalue weighted by Crippen LogP contribution is 2.23. The van der Waals surface area contributed by atoms with Gasteiger partial charge in [0, 0.05) is 13.2 Å². The normalized spacial score (nSPS) is 20.8. The summed E-state index contributed by atoms with van der Waals surface area (Å²) in [4.78, 5) is 0. The third-order valence-electron chi connectivity index (χ3n) is 2.90. The lowest BCUT2D eigenvalue weighted by Crippen LogP contribution is -2.28. The molecule has 1 fully saturated rings. The third kappa shape index (κ3) is 2.74. The quantitative estimate of drug-likeness (QED) is 0.849. The van der Waals surface area contributed by atoms with Gasteiger partial charge in [0.1, 0.15) is 11.9 Å². The summed E-state index contributed by atoms with van der Waals surface area (Å²) in [6.07, 6.45) is 2.35. The van der Waals surface area contributed by atoms with Crippen LogP contribution in [0, 0.1) is 6.92 Å². The number of rotatable bonds is 3. The Morgan fingerprint density at radius 3 is 3.06 bits per heavy atom. The van der Waals surface area contributed by atoms with Gasteiger partial charge >= 0.3 is 0 Å². The molecule has 0 radical (unpaired) electrons. The molecule has 88 valence electrons. The van der Waals surface area contributed by atoms with Gasteiger partial charge in [-0.15, -0.1) is 0 Å². The summed E-state index contributed by atoms with van der Waals surface area (Å²) in [5.41, 5.74) is 7.89. The number of hydrogen-bond acceptors (Lipinski definition) is 3. The highest BCUT2D eigenvalue weighted by molar-refractivity contribution is 5.36. The lowest BCUT2D eigenvalue weighted by atomic mass is 10.1. The molecule has 1 unspecified atom stereocenters. The molecule has 1 saturated heterocycles. The Hall–Kier alpha value is -1.06. The maximum absolute atomic E-state index is 5.95. The fraction of sp³-hybridized carbons (Fsp3) is 0.538. The van der Waals surface area contributed by atoms with Crippen LogP contribution in [0.5, 0.6) is 5.75 Å². The minimum Gasteiger partial charge on any atom is -0.488 e. The standard InChI is InChI=1S/C13H19NO2/c1-10-4-5-11(8-14)7-13(10)16-12-3-2-6-15-9-12/h4-5,7,12H,2-3,6,8-9,14H2,1H3. The molecule has 0 bridgehead atoms. The number of nitrogens with two attached hydrogens (primary N) is 1. The monoisotopic (exact) mass is 221 g/mol. The molecule has 16 heavy (non-hydrogen) atoms. The molecule has 1 atom stereocenters. The molecule has 0 spiro atoms. The summed E-state index contributed by atoms with van der Waals surface area (Å²) in [5, 5.41) is 0. The first-order valence-electron chi connectivity index (χ1n) is 5.83. The van der Waals surface area contributed by atoms with Crippen molar-refractivity contribution in [1.29, 1.82) is 0 Å². The SMILES string of the molecule is Cc1ccc(CN)cc1OC1CCCOC1. The highest BCUT2D eigenvalue weighted by atomic mass is 16.5. The van der Waals surface area contributed by atoms with E-state index in [-0.39, 0.29) is 6.10 Å². The molecule has 1 aliphatic heterocycles. The van der Waals surface area contributed by atoms with Gasteiger partial charge in [-0.1, -0.05) is 12.1 Å². The summed E-state index contributed by atoms with van der Waals surface area (Å²) in [7, 11) is 0. The first kappa shape index (κ1) is 11.4. The molecule has 2 N–H and O–H groups in total. The zero-order chi connectivity index (χ0) is 11.4. The lowest BCUT2D eigenvalue weighted by Gasteiger charge is -2.24. The minimum atomic E-state index is 0.195. The molecule has 1 heterocycles. The average molecular weight is 221 g/mol. The Morgan fingerprint density at radius 1 is 1.50 bits per heavy atom. The second kappa shape index (κ2) is 5.32. The maximum atomic E-state index is 5.95. The molecule has 0 aromatic heterocycles. The Balaban J connectivity index is 2.06. The van der Waals surface area contributed by atoms with E-state index in [2.05, 4.69) is 13.0 Å². The van der Waals surface area contributed by atoms with E-state index in [1.165, 1.54) is 0 Å². The Labute approximate surface area is 96.5 Å². The van der Waals surface area contributed by atoms with Crippen LogP contribution in [0.25, 0.3) is 0 Å². The van der Waals surface area contributed by atoms with Crippen LogP contribution in [0.2, 0.25) is 0 Å². The van der Waals surface area contributed by atoms with E-state index < -0.39 is 0 Å². The van der Waals surface area contributed by atoms with Crippen LogP contribution in [-0.2, 0) is 11.3 Å². The van der Waals surface area contributed by atoms with Crippen LogP contribution >= 0.6 is 0 Å². The van der Waals surface area contributed by atoms with Crippen molar-refractivity contribution < 1.29 is 9.47 Å². The molecule has 1 aromatic carbocycles. The molecule has 1 aromatic rings. The van der Waals surface area contributed by atoms with Crippen molar-refractivity contribution >= 4 is 0 Å². The van der Waals surface area contributed by atoms with Gasteiger partial charge in [-0.3, -0.25) is 0 Å². The van der Waals surface area contributed by atoms with Crippen molar-refractivity contribution in [2.75, 3.05) is 13.2 Å². The number of benzene rings is 1. The minimum absolute atomic E-state index is 0.195. The van der Waals surface area contributed by atoms with Gasteiger partial charge in [-0.25, -0.2) is 0 Å². The van der Waals surface area contributed by atoms with E-state index in [4.69, 9.17) is 15.2 Å². The summed E-state index contributed by atoms with van der Waals surface area (Å²) in [5.74, 6) is 0.943. The zero-order valence-corrected chi connectivity index (χ0v) is 9.74. The van der Waals surface area contributed by atoms with Gasteiger partial charge in [0.2, 0.25) is 0 Å². The van der Waals surface area contributed by atoms with E-state index in [0.29, 0.717) is 13.2 Å². The van der Waals surface area contributed by atoms with E-state index >= 15 is 0 Å². The fourth-order valence-corrected chi connectivity index (χ4v) is 1.88. The second-order valence-corrected chi connectivity index (χ2v) is 4.26. The van der Waals surface area contributed by atoms with Crippen LogP contribution in [-0.4, -0.2) is 19.3 Å². The molecule has 3 heteroatoms. The molecular weight excluding hydrogens is 202 g/mol. The van der Waals surface area contributed by atoms with Crippen LogP contribution < -0.4 is 10.5 Å². The van der Waals surface area contributed by atoms with Crippen LogP contribution in [0.3, 0.4) is 0 Å². The average Bonchev–Trinajstić information content (AvgIpc) is 2.33. The van der Waals surface area contributed by atoms with E-state index in [9.17, 15) is 0 Å². The van der Waals surface area contributed by atoms with Gasteiger partial charge in [0.15, 0.2) is 0 Å². The van der Waals surface area contributed by atoms with Gasteiger partial charge < -0.3 is 15.2 Å². The van der Waals surface area contributed by atoms with Crippen molar-refractivity contribution in [1.82, 2.24) is 0 Å². The van der Waals surface area contributed by atoms with Gasteiger partial charge in [0.25, 0.3) is 0 Å². The molecule has 3 nitrogen and oxygen atoms in total. The Kier molecular flexibility index (Phi) is 3.80. The first-order valence-corrected chi connectivity index (χ1v) is 5.83. The van der Waals surface area contributed by atoms with Crippen molar-refractivity contribution in [3.05, 3.63) is 29.3 Å². The summed E-state index contributed by atoms with van der Waals surface area (Å²) in [6.45, 7) is 4.17. The first-order chi connectivity index (χ1) is 7.79. The summed E-state index contributed by atoms with van der Waals surface area (Å²) in [6, 6.07) is 6.13. The molecule has 2 rings (SSSR count). The van der Waals surface area contributed by atoms with Crippen molar-refractivity contribution in [3.63, 3.8) is 0 Å². The third-order valence-corrected chi connectivity index (χ3v) is 2.90. The highest BCUT2D eigenvalue weighted by Gasteiger charge is 2.16. The Morgan fingerprint density at radius 2 is 2.38 bits per heavy atom. The van der Waals surface area contributed by atoms with Gasteiger partial charge in [0.05, 0.1) is 6.61 Å². The summed E-state index contributed by atoms with van der Waals surface area (Å²) < 4.78 is 11.3. The molecule has 0 aliphatic carbocycles. The van der Waals surface area contributed by atoms with Crippen LogP contribution in [0.4, 0.5) is 0 Å². The maximum Gasteiger partial charge on any atom is 0.123 e. The van der Waals surface area contributed by atoms with Gasteiger partial charge in [-0.2, -0.15) is 0 Å². The molecular formula is C13H19NO2.